The van der Waals surface area contributed by atoms with Crippen molar-refractivity contribution in [2.24, 2.45) is 5.92 Å². The van der Waals surface area contributed by atoms with E-state index in [1.165, 1.54) is 0 Å². The molecule has 0 radical (unpaired) electrons. The molecule has 1 amide bonds. The molecule has 2 N–H and O–H groups in total. The Morgan fingerprint density at radius 3 is 2.91 bits per heavy atom. The number of likely N-dealkylation sites (tertiary alicyclic amines) is 1. The molecule has 0 aromatic carbocycles. The number of halogens is 1. The first kappa shape index (κ1) is 16.6. The van der Waals surface area contributed by atoms with Crippen LogP contribution in [0.15, 0.2) is 28.9 Å². The van der Waals surface area contributed by atoms with E-state index in [9.17, 15) is 4.79 Å². The highest BCUT2D eigenvalue weighted by Gasteiger charge is 2.25. The fourth-order valence-corrected chi connectivity index (χ4v) is 2.78. The van der Waals surface area contributed by atoms with Gasteiger partial charge in [-0.2, -0.15) is 5.10 Å². The van der Waals surface area contributed by atoms with Crippen molar-refractivity contribution in [2.45, 2.75) is 12.8 Å². The van der Waals surface area contributed by atoms with Crippen molar-refractivity contribution >= 4 is 18.3 Å². The number of hydrogen-bond acceptors (Lipinski definition) is 4. The third kappa shape index (κ3) is 3.51. The average Bonchev–Trinajstić information content (AvgIpc) is 3.19. The minimum absolute atomic E-state index is 0. The van der Waals surface area contributed by atoms with E-state index in [1.54, 1.807) is 12.3 Å². The van der Waals surface area contributed by atoms with Gasteiger partial charge in [-0.05, 0) is 44.5 Å². The highest BCUT2D eigenvalue weighted by atomic mass is 35.5. The maximum atomic E-state index is 12.4. The van der Waals surface area contributed by atoms with Gasteiger partial charge in [0.1, 0.15) is 5.69 Å². The molecule has 0 bridgehead atoms. The Morgan fingerprint density at radius 2 is 2.27 bits per heavy atom. The van der Waals surface area contributed by atoms with Crippen molar-refractivity contribution in [3.8, 4) is 11.5 Å². The summed E-state index contributed by atoms with van der Waals surface area (Å²) >= 11 is 0. The van der Waals surface area contributed by atoms with Crippen molar-refractivity contribution in [3.63, 3.8) is 0 Å². The number of rotatable bonds is 4. The largest absolute Gasteiger partial charge is 0.463 e. The van der Waals surface area contributed by atoms with Crippen LogP contribution in [0, 0.1) is 5.92 Å². The van der Waals surface area contributed by atoms with Gasteiger partial charge >= 0.3 is 0 Å². The molecular formula is C15H21ClN4O2. The van der Waals surface area contributed by atoms with Crippen LogP contribution in [0.25, 0.3) is 11.5 Å². The molecule has 1 aliphatic heterocycles. The first-order valence-electron chi connectivity index (χ1n) is 7.31. The van der Waals surface area contributed by atoms with Crippen LogP contribution in [0.1, 0.15) is 23.3 Å². The molecule has 1 fully saturated rings. The van der Waals surface area contributed by atoms with Crippen molar-refractivity contribution < 1.29 is 9.21 Å². The Bertz CT molecular complexity index is 588. The smallest absolute Gasteiger partial charge is 0.274 e. The van der Waals surface area contributed by atoms with Crippen LogP contribution in [0.4, 0.5) is 0 Å². The summed E-state index contributed by atoms with van der Waals surface area (Å²) in [7, 11) is 1.97. The highest BCUT2D eigenvalue weighted by Crippen LogP contribution is 2.21. The average molecular weight is 325 g/mol. The summed E-state index contributed by atoms with van der Waals surface area (Å²) in [5.41, 5.74) is 1.18. The number of nitrogens with one attached hydrogen (secondary N) is 2. The van der Waals surface area contributed by atoms with Gasteiger partial charge in [0.25, 0.3) is 5.91 Å². The first-order valence-corrected chi connectivity index (χ1v) is 7.31. The summed E-state index contributed by atoms with van der Waals surface area (Å²) in [5.74, 6) is 1.35. The Labute approximate surface area is 135 Å². The van der Waals surface area contributed by atoms with E-state index in [0.717, 1.165) is 38.2 Å². The molecule has 0 saturated carbocycles. The SMILES string of the molecule is CNCC1CCN(C(=O)c2cc(-c3ccco3)[nH]n2)CC1.Cl. The lowest BCUT2D eigenvalue weighted by Crippen LogP contribution is -2.40. The number of amides is 1. The zero-order chi connectivity index (χ0) is 14.7. The van der Waals surface area contributed by atoms with Gasteiger partial charge in [-0.1, -0.05) is 0 Å². The van der Waals surface area contributed by atoms with Gasteiger partial charge in [-0.15, -0.1) is 12.4 Å². The standard InChI is InChI=1S/C15H20N4O2.ClH/c1-16-10-11-4-6-19(7-5-11)15(20)13-9-12(17-18-13)14-3-2-8-21-14;/h2-3,8-9,11,16H,4-7,10H2,1H3,(H,17,18);1H. The normalized spacial score (nSPS) is 15.6. The fourth-order valence-electron chi connectivity index (χ4n) is 2.78. The predicted molar refractivity (Wildman–Crippen MR) is 86.1 cm³/mol. The lowest BCUT2D eigenvalue weighted by atomic mass is 9.96. The van der Waals surface area contributed by atoms with Crippen LogP contribution in [0.3, 0.4) is 0 Å². The summed E-state index contributed by atoms with van der Waals surface area (Å²) < 4.78 is 5.30. The van der Waals surface area contributed by atoms with Crippen LogP contribution in [0.5, 0.6) is 0 Å². The van der Waals surface area contributed by atoms with Gasteiger partial charge < -0.3 is 14.6 Å². The quantitative estimate of drug-likeness (QED) is 0.904. The molecule has 0 atom stereocenters. The van der Waals surface area contributed by atoms with Gasteiger partial charge in [0.15, 0.2) is 11.5 Å². The second-order valence-electron chi connectivity index (χ2n) is 5.44. The van der Waals surface area contributed by atoms with Crippen LogP contribution >= 0.6 is 12.4 Å². The fraction of sp³-hybridized carbons (Fsp3) is 0.467. The van der Waals surface area contributed by atoms with Crippen LogP contribution in [0.2, 0.25) is 0 Å². The Hall–Kier alpha value is -1.79. The molecule has 22 heavy (non-hydrogen) atoms. The molecule has 0 spiro atoms. The number of nitrogens with zero attached hydrogens (tertiary/aromatic N) is 2. The molecule has 0 unspecified atom stereocenters. The monoisotopic (exact) mass is 324 g/mol. The predicted octanol–water partition coefficient (Wildman–Crippen LogP) is 2.16. The lowest BCUT2D eigenvalue weighted by molar-refractivity contribution is 0.0685. The zero-order valence-corrected chi connectivity index (χ0v) is 13.4. The van der Waals surface area contributed by atoms with E-state index in [4.69, 9.17) is 4.42 Å². The zero-order valence-electron chi connectivity index (χ0n) is 12.5. The number of furan rings is 1. The highest BCUT2D eigenvalue weighted by molar-refractivity contribution is 5.93. The molecule has 1 saturated heterocycles. The number of hydrogen-bond donors (Lipinski definition) is 2. The van der Waals surface area contributed by atoms with E-state index in [2.05, 4.69) is 15.5 Å². The van der Waals surface area contributed by atoms with Crippen molar-refractivity contribution in [1.29, 1.82) is 0 Å². The van der Waals surface area contributed by atoms with E-state index in [-0.39, 0.29) is 18.3 Å². The van der Waals surface area contributed by atoms with Gasteiger partial charge in [-0.3, -0.25) is 9.89 Å². The summed E-state index contributed by atoms with van der Waals surface area (Å²) in [6.45, 7) is 2.62. The number of piperidine rings is 1. The van der Waals surface area contributed by atoms with E-state index in [0.29, 0.717) is 17.4 Å². The van der Waals surface area contributed by atoms with E-state index in [1.807, 2.05) is 24.1 Å². The molecular weight excluding hydrogens is 304 g/mol. The Morgan fingerprint density at radius 1 is 1.50 bits per heavy atom. The summed E-state index contributed by atoms with van der Waals surface area (Å²) in [6, 6.07) is 5.40. The first-order chi connectivity index (χ1) is 10.3. The molecule has 6 nitrogen and oxygen atoms in total. The van der Waals surface area contributed by atoms with Crippen molar-refractivity contribution in [3.05, 3.63) is 30.2 Å². The molecule has 3 heterocycles. The van der Waals surface area contributed by atoms with Gasteiger partial charge in [0, 0.05) is 19.2 Å². The molecule has 3 rings (SSSR count). The minimum atomic E-state index is -0.00744. The van der Waals surface area contributed by atoms with Crippen molar-refractivity contribution in [2.75, 3.05) is 26.7 Å². The van der Waals surface area contributed by atoms with Gasteiger partial charge in [-0.25, -0.2) is 0 Å². The van der Waals surface area contributed by atoms with Crippen molar-refractivity contribution in [1.82, 2.24) is 20.4 Å². The summed E-state index contributed by atoms with van der Waals surface area (Å²) in [4.78, 5) is 14.3. The minimum Gasteiger partial charge on any atom is -0.463 e. The molecule has 120 valence electrons. The summed E-state index contributed by atoms with van der Waals surface area (Å²) in [5, 5.41) is 10.2. The Balaban J connectivity index is 0.00000176. The Kier molecular flexibility index (Phi) is 5.63. The maximum Gasteiger partial charge on any atom is 0.274 e. The molecule has 0 aliphatic carbocycles. The van der Waals surface area contributed by atoms with E-state index < -0.39 is 0 Å². The number of carbonyl (C=O) groups excluding carboxylic acids is 1. The molecule has 7 heteroatoms. The van der Waals surface area contributed by atoms with E-state index >= 15 is 0 Å². The number of aromatic amines is 1. The second-order valence-corrected chi connectivity index (χ2v) is 5.44. The van der Waals surface area contributed by atoms with Gasteiger partial charge in [0.2, 0.25) is 0 Å². The number of aromatic nitrogens is 2. The van der Waals surface area contributed by atoms with Gasteiger partial charge in [0.05, 0.1) is 6.26 Å². The number of H-pyrrole nitrogens is 1. The lowest BCUT2D eigenvalue weighted by Gasteiger charge is -2.31. The number of carbonyl (C=O) groups is 1. The third-order valence-corrected chi connectivity index (χ3v) is 3.98. The van der Waals surface area contributed by atoms with Crippen LogP contribution in [-0.4, -0.2) is 47.7 Å². The molecule has 1 aliphatic rings. The second kappa shape index (κ2) is 7.47. The molecule has 2 aromatic rings. The molecule has 2 aromatic heterocycles. The summed E-state index contributed by atoms with van der Waals surface area (Å²) in [6.07, 6.45) is 3.69. The van der Waals surface area contributed by atoms with Crippen LogP contribution in [-0.2, 0) is 0 Å². The maximum absolute atomic E-state index is 12.4. The third-order valence-electron chi connectivity index (χ3n) is 3.98. The topological polar surface area (TPSA) is 74.2 Å². The van der Waals surface area contributed by atoms with Crippen LogP contribution < -0.4 is 5.32 Å².